The summed E-state index contributed by atoms with van der Waals surface area (Å²) in [5, 5.41) is 12.6. The Morgan fingerprint density at radius 1 is 1.24 bits per heavy atom. The number of halogens is 1. The van der Waals surface area contributed by atoms with Crippen LogP contribution in [-0.2, 0) is 4.79 Å². The number of rotatable bonds is 4. The van der Waals surface area contributed by atoms with Crippen molar-refractivity contribution in [3.05, 3.63) is 52.5 Å². The summed E-state index contributed by atoms with van der Waals surface area (Å²) in [4.78, 5) is 13.1. The van der Waals surface area contributed by atoms with Gasteiger partial charge in [-0.3, -0.25) is 4.79 Å². The van der Waals surface area contributed by atoms with Crippen molar-refractivity contribution in [2.45, 2.75) is 29.7 Å². The molecule has 0 aliphatic carbocycles. The summed E-state index contributed by atoms with van der Waals surface area (Å²) < 4.78 is 0.948. The predicted octanol–water partition coefficient (Wildman–Crippen LogP) is 4.61. The van der Waals surface area contributed by atoms with E-state index in [4.69, 9.17) is 0 Å². The molecule has 110 valence electrons. The van der Waals surface area contributed by atoms with E-state index in [9.17, 15) is 9.90 Å². The molecule has 2 N–H and O–H groups in total. The van der Waals surface area contributed by atoms with E-state index in [0.29, 0.717) is 0 Å². The topological polar surface area (TPSA) is 49.3 Å². The van der Waals surface area contributed by atoms with Gasteiger partial charge in [-0.1, -0.05) is 27.7 Å². The maximum atomic E-state index is 11.0. The highest BCUT2D eigenvalue weighted by Gasteiger charge is 2.10. The van der Waals surface area contributed by atoms with E-state index in [2.05, 4.69) is 21.2 Å². The lowest BCUT2D eigenvalue weighted by molar-refractivity contribution is -0.114. The molecule has 3 nitrogen and oxygen atoms in total. The van der Waals surface area contributed by atoms with Crippen LogP contribution in [0.2, 0.25) is 0 Å². The second-order valence-corrected chi connectivity index (χ2v) is 6.70. The Balaban J connectivity index is 2.20. The maximum Gasteiger partial charge on any atom is 0.221 e. The summed E-state index contributed by atoms with van der Waals surface area (Å²) in [6, 6.07) is 13.5. The quantitative estimate of drug-likeness (QED) is 0.831. The van der Waals surface area contributed by atoms with Crippen LogP contribution in [0.5, 0.6) is 0 Å². The van der Waals surface area contributed by atoms with Crippen molar-refractivity contribution in [1.29, 1.82) is 0 Å². The summed E-state index contributed by atoms with van der Waals surface area (Å²) >= 11 is 5.01. The molecular weight excluding hydrogens is 350 g/mol. The Morgan fingerprint density at radius 2 is 1.90 bits per heavy atom. The van der Waals surface area contributed by atoms with Gasteiger partial charge in [-0.05, 0) is 55.0 Å². The first-order valence-electron chi connectivity index (χ1n) is 6.48. The Bertz CT molecular complexity index is 641. The van der Waals surface area contributed by atoms with Crippen molar-refractivity contribution in [2.75, 3.05) is 5.32 Å². The molecule has 1 unspecified atom stereocenters. The zero-order valence-electron chi connectivity index (χ0n) is 11.8. The molecule has 5 heteroatoms. The first-order valence-corrected chi connectivity index (χ1v) is 8.09. The molecule has 21 heavy (non-hydrogen) atoms. The molecule has 0 radical (unpaired) electrons. The van der Waals surface area contributed by atoms with Gasteiger partial charge in [0.25, 0.3) is 0 Å². The van der Waals surface area contributed by atoms with Crippen molar-refractivity contribution in [2.24, 2.45) is 0 Å². The van der Waals surface area contributed by atoms with Gasteiger partial charge in [0.15, 0.2) is 0 Å². The SMILES string of the molecule is CC(=O)Nc1ccc(Sc2ccc(Br)cc2C(C)O)cc1. The average molecular weight is 366 g/mol. The minimum Gasteiger partial charge on any atom is -0.389 e. The molecule has 0 fully saturated rings. The molecule has 2 rings (SSSR count). The molecule has 0 aliphatic heterocycles. The van der Waals surface area contributed by atoms with Crippen LogP contribution in [0.15, 0.2) is 56.7 Å². The first-order chi connectivity index (χ1) is 9.95. The van der Waals surface area contributed by atoms with Gasteiger partial charge in [0.1, 0.15) is 0 Å². The predicted molar refractivity (Wildman–Crippen MR) is 89.6 cm³/mol. The largest absolute Gasteiger partial charge is 0.389 e. The van der Waals surface area contributed by atoms with Crippen LogP contribution < -0.4 is 5.32 Å². The van der Waals surface area contributed by atoms with Crippen LogP contribution in [-0.4, -0.2) is 11.0 Å². The van der Waals surface area contributed by atoms with Crippen LogP contribution in [0.3, 0.4) is 0 Å². The molecule has 0 spiro atoms. The highest BCUT2D eigenvalue weighted by molar-refractivity contribution is 9.10. The molecule has 1 atom stereocenters. The van der Waals surface area contributed by atoms with Crippen LogP contribution in [0.1, 0.15) is 25.5 Å². The Kier molecular flexibility index (Phi) is 5.45. The summed E-state index contributed by atoms with van der Waals surface area (Å²) in [6.07, 6.45) is -0.524. The van der Waals surface area contributed by atoms with Gasteiger partial charge in [0.2, 0.25) is 5.91 Å². The third kappa shape index (κ3) is 4.59. The summed E-state index contributed by atoms with van der Waals surface area (Å²) in [5.74, 6) is -0.0836. The van der Waals surface area contributed by atoms with Crippen LogP contribution in [0, 0.1) is 0 Å². The zero-order chi connectivity index (χ0) is 15.4. The third-order valence-electron chi connectivity index (χ3n) is 2.82. The van der Waals surface area contributed by atoms with Crippen LogP contribution in [0.4, 0.5) is 5.69 Å². The summed E-state index contributed by atoms with van der Waals surface area (Å²) in [6.45, 7) is 3.24. The van der Waals surface area contributed by atoms with E-state index in [1.165, 1.54) is 6.92 Å². The molecule has 0 heterocycles. The van der Waals surface area contributed by atoms with E-state index >= 15 is 0 Å². The number of aliphatic hydroxyl groups excluding tert-OH is 1. The van der Waals surface area contributed by atoms with Crippen molar-refractivity contribution in [3.63, 3.8) is 0 Å². The van der Waals surface area contributed by atoms with E-state index < -0.39 is 6.10 Å². The van der Waals surface area contributed by atoms with Gasteiger partial charge in [0.05, 0.1) is 6.10 Å². The van der Waals surface area contributed by atoms with Gasteiger partial charge in [0, 0.05) is 26.9 Å². The van der Waals surface area contributed by atoms with Crippen molar-refractivity contribution < 1.29 is 9.90 Å². The molecule has 2 aromatic rings. The number of nitrogens with one attached hydrogen (secondary N) is 1. The molecule has 0 bridgehead atoms. The van der Waals surface area contributed by atoms with Crippen LogP contribution in [0.25, 0.3) is 0 Å². The van der Waals surface area contributed by atoms with Crippen molar-refractivity contribution >= 4 is 39.3 Å². The molecule has 1 amide bonds. The van der Waals surface area contributed by atoms with Gasteiger partial charge >= 0.3 is 0 Å². The monoisotopic (exact) mass is 365 g/mol. The number of benzene rings is 2. The maximum absolute atomic E-state index is 11.0. The molecule has 0 aromatic heterocycles. The number of carbonyl (C=O) groups is 1. The number of amides is 1. The van der Waals surface area contributed by atoms with E-state index in [1.807, 2.05) is 42.5 Å². The Morgan fingerprint density at radius 3 is 2.48 bits per heavy atom. The lowest BCUT2D eigenvalue weighted by Crippen LogP contribution is -2.05. The van der Waals surface area contributed by atoms with E-state index in [0.717, 1.165) is 25.5 Å². The minimum absolute atomic E-state index is 0.0836. The van der Waals surface area contributed by atoms with Crippen LogP contribution >= 0.6 is 27.7 Å². The fourth-order valence-electron chi connectivity index (χ4n) is 1.88. The van der Waals surface area contributed by atoms with E-state index in [-0.39, 0.29) is 5.91 Å². The average Bonchev–Trinajstić information content (AvgIpc) is 2.42. The molecule has 0 aliphatic rings. The van der Waals surface area contributed by atoms with Gasteiger partial charge in [-0.15, -0.1) is 0 Å². The molecule has 2 aromatic carbocycles. The molecular formula is C16H16BrNO2S. The molecule has 0 saturated heterocycles. The van der Waals surface area contributed by atoms with Gasteiger partial charge in [-0.25, -0.2) is 0 Å². The number of carbonyl (C=O) groups excluding carboxylic acids is 1. The summed E-state index contributed by atoms with van der Waals surface area (Å²) in [5.41, 5.74) is 1.67. The van der Waals surface area contributed by atoms with Crippen molar-refractivity contribution in [3.8, 4) is 0 Å². The lowest BCUT2D eigenvalue weighted by atomic mass is 10.1. The van der Waals surface area contributed by atoms with Gasteiger partial charge < -0.3 is 10.4 Å². The second-order valence-electron chi connectivity index (χ2n) is 4.67. The summed E-state index contributed by atoms with van der Waals surface area (Å²) in [7, 11) is 0. The number of anilines is 1. The normalized spacial score (nSPS) is 12.0. The number of hydrogen-bond donors (Lipinski definition) is 2. The van der Waals surface area contributed by atoms with Crippen molar-refractivity contribution in [1.82, 2.24) is 0 Å². The standard InChI is InChI=1S/C16H16BrNO2S/c1-10(19)15-9-12(17)3-8-16(15)21-14-6-4-13(5-7-14)18-11(2)20/h3-10,19H,1-2H3,(H,18,20). The fourth-order valence-corrected chi connectivity index (χ4v) is 3.26. The third-order valence-corrected chi connectivity index (χ3v) is 4.42. The Labute approximate surface area is 136 Å². The fraction of sp³-hybridized carbons (Fsp3) is 0.188. The van der Waals surface area contributed by atoms with E-state index in [1.54, 1.807) is 18.7 Å². The lowest BCUT2D eigenvalue weighted by Gasteiger charge is -2.12. The smallest absolute Gasteiger partial charge is 0.221 e. The minimum atomic E-state index is -0.524. The highest BCUT2D eigenvalue weighted by Crippen LogP contribution is 2.35. The highest BCUT2D eigenvalue weighted by atomic mass is 79.9. The first kappa shape index (κ1) is 16.1. The number of aliphatic hydroxyl groups is 1. The Hall–Kier alpha value is -1.30. The second kappa shape index (κ2) is 7.11. The molecule has 0 saturated carbocycles. The zero-order valence-corrected chi connectivity index (χ0v) is 14.2. The number of hydrogen-bond acceptors (Lipinski definition) is 3. The van der Waals surface area contributed by atoms with Gasteiger partial charge in [-0.2, -0.15) is 0 Å².